The molecule has 1 saturated heterocycles. The average Bonchev–Trinajstić information content (AvgIpc) is 2.59. The summed E-state index contributed by atoms with van der Waals surface area (Å²) in [6.45, 7) is 3.65. The van der Waals surface area contributed by atoms with Gasteiger partial charge in [-0.25, -0.2) is 9.59 Å². The molecule has 0 radical (unpaired) electrons. The molecule has 0 bridgehead atoms. The zero-order valence-corrected chi connectivity index (χ0v) is 13.4. The van der Waals surface area contributed by atoms with Gasteiger partial charge in [-0.05, 0) is 12.1 Å². The summed E-state index contributed by atoms with van der Waals surface area (Å²) in [6.07, 6.45) is 0.737. The molecule has 1 fully saturated rings. The lowest BCUT2D eigenvalue weighted by atomic mass is 10.2. The van der Waals surface area contributed by atoms with Crippen LogP contribution in [0.4, 0.5) is 5.69 Å². The summed E-state index contributed by atoms with van der Waals surface area (Å²) >= 11 is 0. The standard InChI is InChI=1S/C17H22N2O5/c20-15(13-24-17(23)7-6-16(21)22)12-18-8-10-19(11-9-18)14-4-2-1-3-5-14/h1-7,15,20H,8-13H2,(H,21,22)/t15-/m1/s1. The van der Waals surface area contributed by atoms with E-state index in [2.05, 4.69) is 21.9 Å². The van der Waals surface area contributed by atoms with Crippen molar-refractivity contribution in [1.82, 2.24) is 4.90 Å². The van der Waals surface area contributed by atoms with Crippen molar-refractivity contribution < 1.29 is 24.5 Å². The number of anilines is 1. The molecule has 130 valence electrons. The molecule has 0 amide bonds. The Morgan fingerprint density at radius 3 is 2.42 bits per heavy atom. The van der Waals surface area contributed by atoms with Crippen molar-refractivity contribution in [3.63, 3.8) is 0 Å². The molecule has 1 aliphatic heterocycles. The Morgan fingerprint density at radius 2 is 1.79 bits per heavy atom. The Labute approximate surface area is 140 Å². The van der Waals surface area contributed by atoms with Gasteiger partial charge in [0.25, 0.3) is 0 Å². The van der Waals surface area contributed by atoms with E-state index >= 15 is 0 Å². The van der Waals surface area contributed by atoms with E-state index in [1.54, 1.807) is 0 Å². The van der Waals surface area contributed by atoms with Crippen LogP contribution in [0, 0.1) is 0 Å². The van der Waals surface area contributed by atoms with Crippen molar-refractivity contribution in [2.75, 3.05) is 44.2 Å². The van der Waals surface area contributed by atoms with Gasteiger partial charge in [0, 0.05) is 50.6 Å². The molecule has 1 aromatic carbocycles. The predicted molar refractivity (Wildman–Crippen MR) is 88.8 cm³/mol. The van der Waals surface area contributed by atoms with Crippen LogP contribution in [0.5, 0.6) is 0 Å². The molecule has 1 atom stereocenters. The van der Waals surface area contributed by atoms with Crippen LogP contribution in [0.1, 0.15) is 0 Å². The van der Waals surface area contributed by atoms with E-state index < -0.39 is 18.0 Å². The van der Waals surface area contributed by atoms with Crippen LogP contribution in [-0.4, -0.2) is 72.5 Å². The lowest BCUT2D eigenvalue weighted by Gasteiger charge is -2.36. The number of aliphatic hydroxyl groups is 1. The molecule has 0 unspecified atom stereocenters. The molecular weight excluding hydrogens is 312 g/mol. The normalized spacial score (nSPS) is 17.0. The molecule has 2 N–H and O–H groups in total. The van der Waals surface area contributed by atoms with Crippen molar-refractivity contribution in [1.29, 1.82) is 0 Å². The number of para-hydroxylation sites is 1. The van der Waals surface area contributed by atoms with Gasteiger partial charge in [-0.2, -0.15) is 0 Å². The highest BCUT2D eigenvalue weighted by Crippen LogP contribution is 2.15. The van der Waals surface area contributed by atoms with Crippen LogP contribution < -0.4 is 4.90 Å². The molecular formula is C17H22N2O5. The van der Waals surface area contributed by atoms with Gasteiger partial charge < -0.3 is 19.8 Å². The van der Waals surface area contributed by atoms with Crippen LogP contribution in [0.3, 0.4) is 0 Å². The fourth-order valence-corrected chi connectivity index (χ4v) is 2.54. The third-order valence-corrected chi connectivity index (χ3v) is 3.74. The minimum absolute atomic E-state index is 0.151. The number of carbonyl (C=O) groups excluding carboxylic acids is 1. The Bertz CT molecular complexity index is 568. The van der Waals surface area contributed by atoms with Crippen molar-refractivity contribution in [2.24, 2.45) is 0 Å². The monoisotopic (exact) mass is 334 g/mol. The van der Waals surface area contributed by atoms with E-state index in [0.29, 0.717) is 12.6 Å². The number of ether oxygens (including phenoxy) is 1. The predicted octanol–water partition coefficient (Wildman–Crippen LogP) is 0.353. The second-order valence-corrected chi connectivity index (χ2v) is 5.58. The van der Waals surface area contributed by atoms with E-state index in [9.17, 15) is 14.7 Å². The van der Waals surface area contributed by atoms with Crippen LogP contribution in [0.2, 0.25) is 0 Å². The van der Waals surface area contributed by atoms with Gasteiger partial charge in [0.15, 0.2) is 0 Å². The second-order valence-electron chi connectivity index (χ2n) is 5.58. The quantitative estimate of drug-likeness (QED) is 0.549. The molecule has 1 aromatic rings. The molecule has 1 heterocycles. The highest BCUT2D eigenvalue weighted by molar-refractivity contribution is 5.90. The summed E-state index contributed by atoms with van der Waals surface area (Å²) < 4.78 is 4.81. The van der Waals surface area contributed by atoms with Crippen LogP contribution >= 0.6 is 0 Å². The summed E-state index contributed by atoms with van der Waals surface area (Å²) in [5, 5.41) is 18.3. The van der Waals surface area contributed by atoms with E-state index in [-0.39, 0.29) is 6.61 Å². The lowest BCUT2D eigenvalue weighted by molar-refractivity contribution is -0.141. The number of hydrogen-bond acceptors (Lipinski definition) is 6. The van der Waals surface area contributed by atoms with Crippen molar-refractivity contribution in [3.05, 3.63) is 42.5 Å². The maximum absolute atomic E-state index is 11.2. The molecule has 1 aliphatic rings. The average molecular weight is 334 g/mol. The number of carbonyl (C=O) groups is 2. The first-order chi connectivity index (χ1) is 11.5. The Kier molecular flexibility index (Phi) is 6.77. The SMILES string of the molecule is O=C(O)C=CC(=O)OC[C@H](O)CN1CCN(c2ccccc2)CC1. The first kappa shape index (κ1) is 18.0. The summed E-state index contributed by atoms with van der Waals surface area (Å²) in [7, 11) is 0. The largest absolute Gasteiger partial charge is 0.478 e. The number of esters is 1. The molecule has 2 rings (SSSR count). The number of carboxylic acid groups (broad SMARTS) is 1. The Hall–Kier alpha value is -2.38. The second kappa shape index (κ2) is 9.05. The number of nitrogens with zero attached hydrogens (tertiary/aromatic N) is 2. The summed E-state index contributed by atoms with van der Waals surface area (Å²) in [5.41, 5.74) is 1.19. The Morgan fingerprint density at radius 1 is 1.12 bits per heavy atom. The van der Waals surface area contributed by atoms with Crippen molar-refractivity contribution in [3.8, 4) is 0 Å². The summed E-state index contributed by atoms with van der Waals surface area (Å²) in [4.78, 5) is 25.9. The maximum atomic E-state index is 11.2. The number of rotatable bonds is 7. The van der Waals surface area contributed by atoms with Gasteiger partial charge in [0.2, 0.25) is 0 Å². The first-order valence-electron chi connectivity index (χ1n) is 7.83. The molecule has 0 spiro atoms. The zero-order chi connectivity index (χ0) is 17.4. The number of aliphatic hydroxyl groups excluding tert-OH is 1. The van der Waals surface area contributed by atoms with E-state index in [1.165, 1.54) is 5.69 Å². The molecule has 0 aromatic heterocycles. The highest BCUT2D eigenvalue weighted by Gasteiger charge is 2.19. The number of benzene rings is 1. The fourth-order valence-electron chi connectivity index (χ4n) is 2.54. The van der Waals surface area contributed by atoms with Gasteiger partial charge in [0.05, 0.1) is 0 Å². The minimum atomic E-state index is -1.22. The molecule has 0 saturated carbocycles. The molecule has 24 heavy (non-hydrogen) atoms. The van der Waals surface area contributed by atoms with Gasteiger partial charge in [-0.1, -0.05) is 18.2 Å². The number of piperazine rings is 1. The summed E-state index contributed by atoms with van der Waals surface area (Å²) in [5.74, 6) is -1.99. The third kappa shape index (κ3) is 6.02. The highest BCUT2D eigenvalue weighted by atomic mass is 16.5. The maximum Gasteiger partial charge on any atom is 0.331 e. The van der Waals surface area contributed by atoms with Gasteiger partial charge in [-0.15, -0.1) is 0 Å². The number of aliphatic carboxylic acids is 1. The van der Waals surface area contributed by atoms with Crippen LogP contribution in [-0.2, 0) is 14.3 Å². The van der Waals surface area contributed by atoms with E-state index in [4.69, 9.17) is 9.84 Å². The number of carboxylic acids is 1. The number of β-amino-alcohol motifs (C(OH)–C–C–N with tert-alkyl or cyclic N) is 1. The summed E-state index contributed by atoms with van der Waals surface area (Å²) in [6, 6.07) is 10.2. The fraction of sp³-hybridized carbons (Fsp3) is 0.412. The number of hydrogen-bond donors (Lipinski definition) is 2. The molecule has 7 heteroatoms. The van der Waals surface area contributed by atoms with Crippen molar-refractivity contribution in [2.45, 2.75) is 6.10 Å². The first-order valence-corrected chi connectivity index (χ1v) is 7.83. The van der Waals surface area contributed by atoms with Crippen LogP contribution in [0.15, 0.2) is 42.5 Å². The zero-order valence-electron chi connectivity index (χ0n) is 13.4. The van der Waals surface area contributed by atoms with Gasteiger partial charge in [0.1, 0.15) is 12.7 Å². The molecule has 0 aliphatic carbocycles. The van der Waals surface area contributed by atoms with Gasteiger partial charge >= 0.3 is 11.9 Å². The van der Waals surface area contributed by atoms with E-state index in [1.807, 2.05) is 18.2 Å². The minimum Gasteiger partial charge on any atom is -0.478 e. The lowest BCUT2D eigenvalue weighted by Crippen LogP contribution is -2.49. The topological polar surface area (TPSA) is 90.3 Å². The Balaban J connectivity index is 1.68. The van der Waals surface area contributed by atoms with Crippen molar-refractivity contribution >= 4 is 17.6 Å². The van der Waals surface area contributed by atoms with Crippen LogP contribution in [0.25, 0.3) is 0 Å². The smallest absolute Gasteiger partial charge is 0.331 e. The van der Waals surface area contributed by atoms with E-state index in [0.717, 1.165) is 32.3 Å². The third-order valence-electron chi connectivity index (χ3n) is 3.74. The van der Waals surface area contributed by atoms with Gasteiger partial charge in [-0.3, -0.25) is 4.90 Å². The molecule has 7 nitrogen and oxygen atoms in total.